The SMILES string of the molecule is CC(C)C(=O)CC[C@@H](C)[C@H]1[C@@H](O[C@@H]2OC[C@H](O)[C@H](O)[C@H]2O)C[C@@]2(C)[C@@H]3CC[C@H]4C(C)(C)[C@@H](O[C@@H]5O[C@H](CO)[C@@H](O)[C@H](O)[C@H]5O[C@@H]5O[C@H](CO)[C@@H](O)[C@H](O)[C@H]5O)CC[C@]45C[C@]35[C@H](O)C[C@]12C. The first-order valence-electron chi connectivity index (χ1n) is 24.2. The number of aliphatic hydroxyl groups excluding tert-OH is 11. The number of aliphatic hydroxyl groups is 11. The Bertz CT molecular complexity index is 1700. The van der Waals surface area contributed by atoms with Gasteiger partial charge in [-0.25, -0.2) is 0 Å². The minimum absolute atomic E-state index is 0.00336. The topological polar surface area (TPSA) is 295 Å². The third-order valence-electron chi connectivity index (χ3n) is 19.2. The van der Waals surface area contributed by atoms with Gasteiger partial charge in [0, 0.05) is 17.8 Å². The molecule has 18 nitrogen and oxygen atoms in total. The number of carbonyl (C=O) groups is 1. The highest BCUT2D eigenvalue weighted by molar-refractivity contribution is 5.80. The van der Waals surface area contributed by atoms with Crippen LogP contribution in [0.2, 0.25) is 0 Å². The summed E-state index contributed by atoms with van der Waals surface area (Å²) in [4.78, 5) is 12.9. The van der Waals surface area contributed by atoms with E-state index in [2.05, 4.69) is 34.6 Å². The second-order valence-electron chi connectivity index (χ2n) is 22.9. The quantitative estimate of drug-likeness (QED) is 0.104. The molecule has 8 fully saturated rings. The van der Waals surface area contributed by atoms with Crippen molar-refractivity contribution in [2.45, 2.75) is 211 Å². The van der Waals surface area contributed by atoms with Crippen LogP contribution in [0.1, 0.15) is 106 Å². The Kier molecular flexibility index (Phi) is 13.9. The van der Waals surface area contributed by atoms with Crippen molar-refractivity contribution in [1.29, 1.82) is 0 Å². The molecule has 8 rings (SSSR count). The lowest BCUT2D eigenvalue weighted by molar-refractivity contribution is -0.377. The van der Waals surface area contributed by atoms with E-state index in [4.69, 9.17) is 28.4 Å². The van der Waals surface area contributed by atoms with Crippen LogP contribution in [-0.4, -0.2) is 186 Å². The van der Waals surface area contributed by atoms with Gasteiger partial charge >= 0.3 is 0 Å². The van der Waals surface area contributed by atoms with Crippen LogP contribution in [-0.2, 0) is 33.2 Å². The van der Waals surface area contributed by atoms with Gasteiger partial charge in [-0.1, -0.05) is 48.5 Å². The fourth-order valence-electron chi connectivity index (χ4n) is 15.5. The number of carbonyl (C=O) groups excluding carboxylic acids is 1. The third-order valence-corrected chi connectivity index (χ3v) is 19.2. The van der Waals surface area contributed by atoms with Gasteiger partial charge in [0.05, 0.1) is 38.1 Å². The first-order chi connectivity index (χ1) is 30.4. The zero-order valence-electron chi connectivity index (χ0n) is 39.0. The molecule has 11 N–H and O–H groups in total. The van der Waals surface area contributed by atoms with E-state index in [0.717, 1.165) is 19.3 Å². The Labute approximate surface area is 381 Å². The van der Waals surface area contributed by atoms with Crippen molar-refractivity contribution in [3.8, 4) is 0 Å². The van der Waals surface area contributed by atoms with E-state index < -0.39 is 134 Å². The van der Waals surface area contributed by atoms with E-state index in [1.807, 2.05) is 13.8 Å². The molecule has 0 bridgehead atoms. The lowest BCUT2D eigenvalue weighted by Gasteiger charge is -2.64. The molecule has 65 heavy (non-hydrogen) atoms. The highest BCUT2D eigenvalue weighted by atomic mass is 16.8. The van der Waals surface area contributed by atoms with Crippen LogP contribution in [0.15, 0.2) is 0 Å². The maximum Gasteiger partial charge on any atom is 0.187 e. The molecular weight excluding hydrogens is 852 g/mol. The van der Waals surface area contributed by atoms with Crippen molar-refractivity contribution in [3.05, 3.63) is 0 Å². The van der Waals surface area contributed by atoms with E-state index in [1.165, 1.54) is 0 Å². The molecule has 5 aliphatic carbocycles. The van der Waals surface area contributed by atoms with Crippen LogP contribution in [0.25, 0.3) is 0 Å². The zero-order valence-corrected chi connectivity index (χ0v) is 39.0. The van der Waals surface area contributed by atoms with Gasteiger partial charge in [-0.15, -0.1) is 0 Å². The average molecular weight is 931 g/mol. The normalized spacial score (nSPS) is 54.3. The Balaban J connectivity index is 1.05. The molecule has 0 aromatic carbocycles. The summed E-state index contributed by atoms with van der Waals surface area (Å²) in [5.74, 6) is 0.132. The molecule has 25 atom stereocenters. The Morgan fingerprint density at radius 1 is 0.677 bits per heavy atom. The summed E-state index contributed by atoms with van der Waals surface area (Å²) in [6.07, 6.45) is -16.6. The molecule has 374 valence electrons. The molecule has 2 spiro atoms. The fourth-order valence-corrected chi connectivity index (χ4v) is 15.5. The van der Waals surface area contributed by atoms with E-state index in [0.29, 0.717) is 38.5 Å². The Hall–Kier alpha value is -1.01. The van der Waals surface area contributed by atoms with Crippen LogP contribution in [0.5, 0.6) is 0 Å². The summed E-state index contributed by atoms with van der Waals surface area (Å²) in [5, 5.41) is 119. The van der Waals surface area contributed by atoms with Crippen LogP contribution in [0, 0.1) is 56.7 Å². The monoisotopic (exact) mass is 931 g/mol. The summed E-state index contributed by atoms with van der Waals surface area (Å²) >= 11 is 0. The van der Waals surface area contributed by atoms with E-state index in [-0.39, 0.29) is 52.8 Å². The van der Waals surface area contributed by atoms with Crippen LogP contribution < -0.4 is 0 Å². The van der Waals surface area contributed by atoms with E-state index >= 15 is 0 Å². The molecular formula is C47H78O18. The maximum atomic E-state index is 12.9. The maximum absolute atomic E-state index is 12.9. The van der Waals surface area contributed by atoms with Crippen LogP contribution in [0.4, 0.5) is 0 Å². The molecule has 3 heterocycles. The molecule has 0 aromatic rings. The second-order valence-corrected chi connectivity index (χ2v) is 22.9. The predicted molar refractivity (Wildman–Crippen MR) is 226 cm³/mol. The number of ether oxygens (including phenoxy) is 6. The van der Waals surface area contributed by atoms with Gasteiger partial charge in [0.15, 0.2) is 18.9 Å². The van der Waals surface area contributed by atoms with Crippen LogP contribution in [0.3, 0.4) is 0 Å². The van der Waals surface area contributed by atoms with E-state index in [1.54, 1.807) is 0 Å². The minimum Gasteiger partial charge on any atom is -0.394 e. The molecule has 3 saturated heterocycles. The third kappa shape index (κ3) is 7.74. The van der Waals surface area contributed by atoms with Crippen molar-refractivity contribution in [2.75, 3.05) is 19.8 Å². The van der Waals surface area contributed by atoms with Gasteiger partial charge in [0.1, 0.15) is 72.9 Å². The summed E-state index contributed by atoms with van der Waals surface area (Å²) in [7, 11) is 0. The molecule has 0 aromatic heterocycles. The van der Waals surface area contributed by atoms with Crippen molar-refractivity contribution in [1.82, 2.24) is 0 Å². The number of rotatable bonds is 13. The Morgan fingerprint density at radius 3 is 1.94 bits per heavy atom. The van der Waals surface area contributed by atoms with Gasteiger partial charge in [0.2, 0.25) is 0 Å². The van der Waals surface area contributed by atoms with Gasteiger partial charge in [0.25, 0.3) is 0 Å². The van der Waals surface area contributed by atoms with E-state index in [9.17, 15) is 61.0 Å². The predicted octanol–water partition coefficient (Wildman–Crippen LogP) is -0.519. The molecule has 18 heteroatoms. The first kappa shape index (κ1) is 50.4. The fraction of sp³-hybridized carbons (Fsp3) is 0.979. The smallest absolute Gasteiger partial charge is 0.187 e. The molecule has 0 amide bonds. The molecule has 0 radical (unpaired) electrons. The van der Waals surface area contributed by atoms with Gasteiger partial charge in [-0.2, -0.15) is 0 Å². The summed E-state index contributed by atoms with van der Waals surface area (Å²) in [5.41, 5.74) is -1.98. The molecule has 5 saturated carbocycles. The van der Waals surface area contributed by atoms with Crippen LogP contribution >= 0.6 is 0 Å². The highest BCUT2D eigenvalue weighted by Gasteiger charge is 2.86. The summed E-state index contributed by atoms with van der Waals surface area (Å²) in [6.45, 7) is 13.3. The number of ketones is 1. The number of fused-ring (bicyclic) bond motifs is 2. The minimum atomic E-state index is -1.80. The number of Topliss-reactive ketones (excluding diaryl/α,β-unsaturated/α-hetero) is 1. The molecule has 0 unspecified atom stereocenters. The highest BCUT2D eigenvalue weighted by Crippen LogP contribution is 2.89. The summed E-state index contributed by atoms with van der Waals surface area (Å²) in [6, 6.07) is 0. The number of hydrogen-bond donors (Lipinski definition) is 11. The standard InChI is InChI=1S/C47H78O18/c1-20(2)22(50)9-8-21(3)31-24(61-40-37(58)32(53)23(51)18-60-40)14-44(6)28-11-10-27-43(4,5)30(12-13-46(27)19-47(28,46)29(52)15-45(31,44)7)64-42-39(36(57)34(55)26(17-49)63-42)65-41-38(59)35(56)33(54)25(16-48)62-41/h20-21,23-42,48-49,51-59H,8-19H2,1-7H3/t21-,23+,24+,25-,26-,27+,28+,29-,30+,31+,32+,33-,34-,35+,36+,37-,38-,39-,40+,41+,42+,44+,45-,46+,47-/m1/s1. The largest absolute Gasteiger partial charge is 0.394 e. The van der Waals surface area contributed by atoms with Gasteiger partial charge < -0.3 is 84.6 Å². The van der Waals surface area contributed by atoms with Crippen molar-refractivity contribution < 1.29 is 89.4 Å². The molecule has 3 aliphatic heterocycles. The average Bonchev–Trinajstić information content (AvgIpc) is 3.89. The Morgan fingerprint density at radius 2 is 1.29 bits per heavy atom. The van der Waals surface area contributed by atoms with Gasteiger partial charge in [-0.3, -0.25) is 4.79 Å². The van der Waals surface area contributed by atoms with Crippen molar-refractivity contribution in [2.24, 2.45) is 56.7 Å². The van der Waals surface area contributed by atoms with Crippen molar-refractivity contribution in [3.63, 3.8) is 0 Å². The summed E-state index contributed by atoms with van der Waals surface area (Å²) < 4.78 is 37.0. The second kappa shape index (κ2) is 18.0. The number of hydrogen-bond acceptors (Lipinski definition) is 18. The van der Waals surface area contributed by atoms with Gasteiger partial charge in [-0.05, 0) is 96.7 Å². The molecule has 8 aliphatic rings. The lowest BCUT2D eigenvalue weighted by atomic mass is 9.41. The first-order valence-corrected chi connectivity index (χ1v) is 24.2. The van der Waals surface area contributed by atoms with Crippen molar-refractivity contribution >= 4 is 5.78 Å². The lowest BCUT2D eigenvalue weighted by Crippen LogP contribution is -2.66. The zero-order chi connectivity index (χ0) is 47.5.